The molecule has 0 spiro atoms. The van der Waals surface area contributed by atoms with Crippen molar-refractivity contribution in [3.05, 3.63) is 64.7 Å². The van der Waals surface area contributed by atoms with Crippen LogP contribution in [-0.4, -0.2) is 26.6 Å². The van der Waals surface area contributed by atoms with Crippen LogP contribution < -0.4 is 9.62 Å². The first-order valence-electron chi connectivity index (χ1n) is 9.50. The number of sulfonamides is 1. The lowest BCUT2D eigenvalue weighted by atomic mass is 10.00. The number of nitrogens with zero attached hydrogens (tertiary/aromatic N) is 1. The molecular weight excluding hydrogens is 372 g/mol. The van der Waals surface area contributed by atoms with Crippen molar-refractivity contribution < 1.29 is 13.2 Å². The molecule has 152 valence electrons. The Balaban J connectivity index is 2.27. The molecule has 0 aliphatic carbocycles. The van der Waals surface area contributed by atoms with Crippen molar-refractivity contribution in [3.8, 4) is 0 Å². The first-order valence-corrected chi connectivity index (χ1v) is 11.3. The largest absolute Gasteiger partial charge is 0.348 e. The number of hydrogen-bond acceptors (Lipinski definition) is 3. The molecule has 2 atom stereocenters. The van der Waals surface area contributed by atoms with Crippen molar-refractivity contribution in [2.24, 2.45) is 0 Å². The number of carbonyl (C=O) groups is 1. The molecule has 0 aliphatic rings. The van der Waals surface area contributed by atoms with Crippen LogP contribution in [0, 0.1) is 13.8 Å². The minimum atomic E-state index is -3.62. The van der Waals surface area contributed by atoms with Crippen LogP contribution in [0.15, 0.2) is 42.5 Å². The van der Waals surface area contributed by atoms with Crippen molar-refractivity contribution in [2.45, 2.75) is 53.1 Å². The monoisotopic (exact) mass is 402 g/mol. The Bertz CT molecular complexity index is 937. The molecule has 6 heteroatoms. The number of aryl methyl sites for hydroxylation is 3. The molecule has 0 unspecified atom stereocenters. The normalized spacial score (nSPS) is 13.6. The number of anilines is 1. The van der Waals surface area contributed by atoms with Crippen LogP contribution in [0.5, 0.6) is 0 Å². The maximum atomic E-state index is 12.9. The quantitative estimate of drug-likeness (QED) is 0.764. The molecule has 2 rings (SSSR count). The number of nitrogens with one attached hydrogen (secondary N) is 1. The van der Waals surface area contributed by atoms with E-state index in [-0.39, 0.29) is 11.9 Å². The molecular formula is C22H30N2O3S. The van der Waals surface area contributed by atoms with Gasteiger partial charge in [-0.25, -0.2) is 8.42 Å². The van der Waals surface area contributed by atoms with Crippen LogP contribution in [-0.2, 0) is 21.2 Å². The van der Waals surface area contributed by atoms with E-state index in [9.17, 15) is 13.2 Å². The molecule has 0 saturated heterocycles. The average molecular weight is 403 g/mol. The summed E-state index contributed by atoms with van der Waals surface area (Å²) in [5, 5.41) is 2.96. The van der Waals surface area contributed by atoms with Gasteiger partial charge in [0.05, 0.1) is 18.0 Å². The van der Waals surface area contributed by atoms with Crippen molar-refractivity contribution in [2.75, 3.05) is 10.6 Å². The standard InChI is InChI=1S/C22H30N2O3S/c1-7-19-10-12-20(13-11-19)24(28(6,26)27)18(5)22(25)23-17(4)21-14-15(2)8-9-16(21)3/h8-14,17-18H,7H2,1-6H3,(H,23,25)/t17-,18-/m1/s1. The van der Waals surface area contributed by atoms with E-state index in [0.717, 1.165) is 34.9 Å². The van der Waals surface area contributed by atoms with E-state index in [0.29, 0.717) is 5.69 Å². The SMILES string of the molecule is CCc1ccc(N([C@H](C)C(=O)N[C@H](C)c2cc(C)ccc2C)S(C)(=O)=O)cc1. The van der Waals surface area contributed by atoms with Gasteiger partial charge < -0.3 is 5.32 Å². The molecule has 0 bridgehead atoms. The van der Waals surface area contributed by atoms with Gasteiger partial charge in [-0.05, 0) is 62.9 Å². The number of carbonyl (C=O) groups excluding carboxylic acids is 1. The maximum Gasteiger partial charge on any atom is 0.244 e. The second kappa shape index (κ2) is 8.78. The van der Waals surface area contributed by atoms with Gasteiger partial charge in [-0.2, -0.15) is 0 Å². The molecule has 0 fully saturated rings. The topological polar surface area (TPSA) is 66.5 Å². The molecule has 2 aromatic carbocycles. The Hall–Kier alpha value is -2.34. The lowest BCUT2D eigenvalue weighted by Crippen LogP contribution is -2.48. The first kappa shape index (κ1) is 22.0. The Morgan fingerprint density at radius 1 is 1.07 bits per heavy atom. The van der Waals surface area contributed by atoms with Crippen LogP contribution in [0.1, 0.15) is 49.1 Å². The van der Waals surface area contributed by atoms with Crippen LogP contribution in [0.2, 0.25) is 0 Å². The Labute approximate surface area is 168 Å². The molecule has 0 radical (unpaired) electrons. The summed E-state index contributed by atoms with van der Waals surface area (Å²) in [4.78, 5) is 12.9. The average Bonchev–Trinajstić information content (AvgIpc) is 2.63. The molecule has 2 aromatic rings. The Kier molecular flexibility index (Phi) is 6.88. The van der Waals surface area contributed by atoms with Gasteiger partial charge in [-0.15, -0.1) is 0 Å². The van der Waals surface area contributed by atoms with Gasteiger partial charge in [0.25, 0.3) is 0 Å². The van der Waals surface area contributed by atoms with Crippen LogP contribution >= 0.6 is 0 Å². The van der Waals surface area contributed by atoms with Crippen LogP contribution in [0.4, 0.5) is 5.69 Å². The fourth-order valence-electron chi connectivity index (χ4n) is 3.33. The summed E-state index contributed by atoms with van der Waals surface area (Å²) < 4.78 is 26.0. The van der Waals surface area contributed by atoms with Crippen molar-refractivity contribution in [3.63, 3.8) is 0 Å². The molecule has 1 N–H and O–H groups in total. The van der Waals surface area contributed by atoms with Crippen LogP contribution in [0.25, 0.3) is 0 Å². The fraction of sp³-hybridized carbons (Fsp3) is 0.409. The second-order valence-corrected chi connectivity index (χ2v) is 9.20. The number of hydrogen-bond donors (Lipinski definition) is 1. The molecule has 28 heavy (non-hydrogen) atoms. The molecule has 0 aliphatic heterocycles. The number of benzene rings is 2. The summed E-state index contributed by atoms with van der Waals surface area (Å²) in [5.41, 5.74) is 4.82. The van der Waals surface area contributed by atoms with Gasteiger partial charge in [-0.3, -0.25) is 9.10 Å². The third-order valence-corrected chi connectivity index (χ3v) is 6.19. The van der Waals surface area contributed by atoms with E-state index < -0.39 is 16.1 Å². The predicted molar refractivity (Wildman–Crippen MR) is 115 cm³/mol. The number of amides is 1. The lowest BCUT2D eigenvalue weighted by Gasteiger charge is -2.29. The highest BCUT2D eigenvalue weighted by Gasteiger charge is 2.30. The first-order chi connectivity index (χ1) is 13.0. The van der Waals surface area contributed by atoms with E-state index in [1.165, 1.54) is 4.31 Å². The Morgan fingerprint density at radius 3 is 2.21 bits per heavy atom. The van der Waals surface area contributed by atoms with E-state index in [1.807, 2.05) is 58.0 Å². The van der Waals surface area contributed by atoms with Crippen molar-refractivity contribution in [1.82, 2.24) is 5.32 Å². The molecule has 0 heterocycles. The highest BCUT2D eigenvalue weighted by Crippen LogP contribution is 2.23. The van der Waals surface area contributed by atoms with E-state index in [1.54, 1.807) is 19.1 Å². The third kappa shape index (κ3) is 5.13. The zero-order chi connectivity index (χ0) is 21.1. The van der Waals surface area contributed by atoms with Crippen LogP contribution in [0.3, 0.4) is 0 Å². The lowest BCUT2D eigenvalue weighted by molar-refractivity contribution is -0.122. The third-order valence-electron chi connectivity index (χ3n) is 4.95. The summed E-state index contributed by atoms with van der Waals surface area (Å²) >= 11 is 0. The van der Waals surface area contributed by atoms with E-state index in [4.69, 9.17) is 0 Å². The van der Waals surface area contributed by atoms with Gasteiger partial charge in [0.15, 0.2) is 0 Å². The minimum Gasteiger partial charge on any atom is -0.348 e. The van der Waals surface area contributed by atoms with E-state index >= 15 is 0 Å². The van der Waals surface area contributed by atoms with Gasteiger partial charge in [0, 0.05) is 0 Å². The molecule has 0 aromatic heterocycles. The predicted octanol–water partition coefficient (Wildman–Crippen LogP) is 3.90. The molecule has 5 nitrogen and oxygen atoms in total. The second-order valence-electron chi connectivity index (χ2n) is 7.35. The summed E-state index contributed by atoms with van der Waals surface area (Å²) in [7, 11) is -3.62. The Morgan fingerprint density at radius 2 is 1.68 bits per heavy atom. The van der Waals surface area contributed by atoms with Crippen molar-refractivity contribution in [1.29, 1.82) is 0 Å². The zero-order valence-electron chi connectivity index (χ0n) is 17.5. The summed E-state index contributed by atoms with van der Waals surface area (Å²) in [6, 6.07) is 12.3. The summed E-state index contributed by atoms with van der Waals surface area (Å²) in [6.45, 7) is 9.56. The molecule has 1 amide bonds. The van der Waals surface area contributed by atoms with Gasteiger partial charge >= 0.3 is 0 Å². The van der Waals surface area contributed by atoms with E-state index in [2.05, 4.69) is 5.32 Å². The van der Waals surface area contributed by atoms with Gasteiger partial charge in [0.2, 0.25) is 15.9 Å². The highest BCUT2D eigenvalue weighted by molar-refractivity contribution is 7.92. The summed E-state index contributed by atoms with van der Waals surface area (Å²) in [6.07, 6.45) is 1.99. The fourth-order valence-corrected chi connectivity index (χ4v) is 4.50. The summed E-state index contributed by atoms with van der Waals surface area (Å²) in [5.74, 6) is -0.335. The minimum absolute atomic E-state index is 0.223. The van der Waals surface area contributed by atoms with Gasteiger partial charge in [-0.1, -0.05) is 42.8 Å². The zero-order valence-corrected chi connectivity index (χ0v) is 18.3. The molecule has 0 saturated carbocycles. The highest BCUT2D eigenvalue weighted by atomic mass is 32.2. The number of rotatable bonds is 7. The maximum absolute atomic E-state index is 12.9. The van der Waals surface area contributed by atoms with Crippen molar-refractivity contribution >= 4 is 21.6 Å². The smallest absolute Gasteiger partial charge is 0.244 e. The van der Waals surface area contributed by atoms with Gasteiger partial charge in [0.1, 0.15) is 6.04 Å².